The molecule has 0 spiro atoms. The van der Waals surface area contributed by atoms with E-state index in [2.05, 4.69) is 10.6 Å². The van der Waals surface area contributed by atoms with Gasteiger partial charge in [0.05, 0.1) is 13.1 Å². The van der Waals surface area contributed by atoms with Crippen LogP contribution in [0.1, 0.15) is 0 Å². The first-order valence-corrected chi connectivity index (χ1v) is 7.57. The molecular formula is C18H18N4O2. The Bertz CT molecular complexity index is 864. The molecule has 0 saturated carbocycles. The van der Waals surface area contributed by atoms with E-state index in [1.807, 2.05) is 48.5 Å². The van der Waals surface area contributed by atoms with Gasteiger partial charge in [0.25, 0.3) is 0 Å². The Morgan fingerprint density at radius 2 is 1.21 bits per heavy atom. The molecule has 3 rings (SSSR count). The summed E-state index contributed by atoms with van der Waals surface area (Å²) in [6.07, 6.45) is 0. The fourth-order valence-corrected chi connectivity index (χ4v) is 2.67. The lowest BCUT2D eigenvalue weighted by Crippen LogP contribution is -2.22. The molecule has 122 valence electrons. The number of anilines is 2. The van der Waals surface area contributed by atoms with Crippen LogP contribution in [0.4, 0.5) is 11.4 Å². The van der Waals surface area contributed by atoms with Crippen molar-refractivity contribution in [3.05, 3.63) is 48.5 Å². The first kappa shape index (κ1) is 15.9. The summed E-state index contributed by atoms with van der Waals surface area (Å²) in [5, 5.41) is 9.32. The minimum Gasteiger partial charge on any atom is -0.324 e. The molecule has 0 fully saturated rings. The molecule has 0 bridgehead atoms. The molecule has 6 nitrogen and oxygen atoms in total. The van der Waals surface area contributed by atoms with Crippen LogP contribution >= 0.6 is 0 Å². The van der Waals surface area contributed by atoms with Crippen LogP contribution in [0.3, 0.4) is 0 Å². The maximum atomic E-state index is 11.6. The lowest BCUT2D eigenvalue weighted by Gasteiger charge is -2.12. The van der Waals surface area contributed by atoms with Gasteiger partial charge in [-0.25, -0.2) is 0 Å². The largest absolute Gasteiger partial charge is 0.324 e. The Hall–Kier alpha value is -2.96. The SMILES string of the molecule is NCC(=O)Nc1cccc2cc3cccc(NC(=O)CN)c3cc12. The van der Waals surface area contributed by atoms with E-state index in [0.29, 0.717) is 11.4 Å². The number of fused-ring (bicyclic) bond motifs is 2. The highest BCUT2D eigenvalue weighted by molar-refractivity contribution is 6.11. The van der Waals surface area contributed by atoms with Gasteiger partial charge in [-0.2, -0.15) is 0 Å². The monoisotopic (exact) mass is 322 g/mol. The average Bonchev–Trinajstić information content (AvgIpc) is 2.60. The Kier molecular flexibility index (Phi) is 4.41. The zero-order chi connectivity index (χ0) is 17.1. The van der Waals surface area contributed by atoms with Crippen LogP contribution in [0, 0.1) is 0 Å². The van der Waals surface area contributed by atoms with Gasteiger partial charge in [-0.1, -0.05) is 24.3 Å². The average molecular weight is 322 g/mol. The number of carbonyl (C=O) groups is 2. The zero-order valence-electron chi connectivity index (χ0n) is 13.0. The van der Waals surface area contributed by atoms with E-state index >= 15 is 0 Å². The van der Waals surface area contributed by atoms with E-state index in [1.165, 1.54) is 0 Å². The minimum absolute atomic E-state index is 0.0816. The second-order valence-electron chi connectivity index (χ2n) is 5.41. The Morgan fingerprint density at radius 1 is 0.750 bits per heavy atom. The zero-order valence-corrected chi connectivity index (χ0v) is 13.0. The molecule has 0 unspecified atom stereocenters. The molecule has 3 aromatic rings. The summed E-state index contributed by atoms with van der Waals surface area (Å²) in [6.45, 7) is -0.163. The van der Waals surface area contributed by atoms with Crippen molar-refractivity contribution in [2.45, 2.75) is 0 Å². The highest BCUT2D eigenvalue weighted by Crippen LogP contribution is 2.32. The fourth-order valence-electron chi connectivity index (χ4n) is 2.67. The third-order valence-electron chi connectivity index (χ3n) is 3.80. The van der Waals surface area contributed by atoms with Crippen LogP contribution in [-0.4, -0.2) is 24.9 Å². The second kappa shape index (κ2) is 6.66. The molecule has 6 heteroatoms. The first-order chi connectivity index (χ1) is 11.6. The van der Waals surface area contributed by atoms with Crippen molar-refractivity contribution in [2.75, 3.05) is 23.7 Å². The molecule has 0 heterocycles. The third-order valence-corrected chi connectivity index (χ3v) is 3.80. The van der Waals surface area contributed by atoms with Crippen LogP contribution in [0.5, 0.6) is 0 Å². The number of nitrogens with two attached hydrogens (primary N) is 2. The van der Waals surface area contributed by atoms with Gasteiger partial charge in [-0.3, -0.25) is 9.59 Å². The summed E-state index contributed by atoms with van der Waals surface area (Å²) in [4.78, 5) is 23.3. The summed E-state index contributed by atoms with van der Waals surface area (Å²) in [5.74, 6) is -0.514. The number of amides is 2. The van der Waals surface area contributed by atoms with Gasteiger partial charge in [0.15, 0.2) is 0 Å². The van der Waals surface area contributed by atoms with Crippen LogP contribution in [0.2, 0.25) is 0 Å². The minimum atomic E-state index is -0.257. The van der Waals surface area contributed by atoms with Crippen molar-refractivity contribution in [2.24, 2.45) is 11.5 Å². The lowest BCUT2D eigenvalue weighted by atomic mass is 10.0. The predicted molar refractivity (Wildman–Crippen MR) is 96.8 cm³/mol. The topological polar surface area (TPSA) is 110 Å². The van der Waals surface area contributed by atoms with E-state index in [-0.39, 0.29) is 24.9 Å². The van der Waals surface area contributed by atoms with E-state index in [0.717, 1.165) is 21.5 Å². The standard InChI is InChI=1S/C18H18N4O2/c19-9-17(23)21-15-5-1-3-11-7-12-4-2-6-16(22-18(24)10-20)14(12)8-13(11)15/h1-8H,9-10,19-20H2,(H,21,23)(H,22,24). The van der Waals surface area contributed by atoms with Gasteiger partial charge < -0.3 is 22.1 Å². The van der Waals surface area contributed by atoms with Gasteiger partial charge in [-0.15, -0.1) is 0 Å². The number of hydrogen-bond donors (Lipinski definition) is 4. The molecule has 0 atom stereocenters. The van der Waals surface area contributed by atoms with E-state index in [9.17, 15) is 9.59 Å². The summed E-state index contributed by atoms with van der Waals surface area (Å²) in [6, 6.07) is 15.3. The number of benzene rings is 3. The summed E-state index contributed by atoms with van der Waals surface area (Å²) in [5.41, 5.74) is 12.1. The smallest absolute Gasteiger partial charge is 0.238 e. The quantitative estimate of drug-likeness (QED) is 0.549. The number of rotatable bonds is 4. The highest BCUT2D eigenvalue weighted by atomic mass is 16.2. The summed E-state index contributed by atoms with van der Waals surface area (Å²) in [7, 11) is 0. The van der Waals surface area contributed by atoms with Gasteiger partial charge in [0, 0.05) is 22.1 Å². The number of hydrogen-bond acceptors (Lipinski definition) is 4. The van der Waals surface area contributed by atoms with Crippen molar-refractivity contribution in [3.8, 4) is 0 Å². The van der Waals surface area contributed by atoms with Crippen LogP contribution in [0.15, 0.2) is 48.5 Å². The molecule has 2 amide bonds. The molecule has 0 aliphatic carbocycles. The Morgan fingerprint density at radius 3 is 1.62 bits per heavy atom. The highest BCUT2D eigenvalue weighted by Gasteiger charge is 2.09. The maximum absolute atomic E-state index is 11.6. The normalized spacial score (nSPS) is 10.8. The third kappa shape index (κ3) is 3.05. The van der Waals surface area contributed by atoms with Crippen molar-refractivity contribution >= 4 is 44.7 Å². The second-order valence-corrected chi connectivity index (χ2v) is 5.41. The van der Waals surface area contributed by atoms with Crippen molar-refractivity contribution < 1.29 is 9.59 Å². The molecule has 24 heavy (non-hydrogen) atoms. The van der Waals surface area contributed by atoms with Crippen LogP contribution in [0.25, 0.3) is 21.5 Å². The van der Waals surface area contributed by atoms with Gasteiger partial charge in [0.2, 0.25) is 11.8 Å². The molecule has 6 N–H and O–H groups in total. The molecule has 0 aliphatic rings. The molecule has 3 aromatic carbocycles. The van der Waals surface area contributed by atoms with Crippen LogP contribution < -0.4 is 22.1 Å². The molecule has 0 saturated heterocycles. The summed E-state index contributed by atoms with van der Waals surface area (Å²) < 4.78 is 0. The van der Waals surface area contributed by atoms with E-state index in [1.54, 1.807) is 0 Å². The van der Waals surface area contributed by atoms with Crippen molar-refractivity contribution in [3.63, 3.8) is 0 Å². The van der Waals surface area contributed by atoms with Gasteiger partial charge in [-0.05, 0) is 35.0 Å². The Balaban J connectivity index is 2.19. The number of nitrogens with one attached hydrogen (secondary N) is 2. The molecule has 0 aromatic heterocycles. The lowest BCUT2D eigenvalue weighted by molar-refractivity contribution is -0.115. The van der Waals surface area contributed by atoms with E-state index in [4.69, 9.17) is 11.5 Å². The first-order valence-electron chi connectivity index (χ1n) is 7.57. The fraction of sp³-hybridized carbons (Fsp3) is 0.111. The van der Waals surface area contributed by atoms with Gasteiger partial charge in [0.1, 0.15) is 0 Å². The predicted octanol–water partition coefficient (Wildman–Crippen LogP) is 1.79. The summed E-state index contributed by atoms with van der Waals surface area (Å²) >= 11 is 0. The Labute approximate surface area is 138 Å². The number of carbonyl (C=O) groups excluding carboxylic acids is 2. The molecule has 0 aliphatic heterocycles. The molecule has 0 radical (unpaired) electrons. The van der Waals surface area contributed by atoms with Crippen molar-refractivity contribution in [1.29, 1.82) is 0 Å². The van der Waals surface area contributed by atoms with Crippen molar-refractivity contribution in [1.82, 2.24) is 0 Å². The van der Waals surface area contributed by atoms with Crippen LogP contribution in [-0.2, 0) is 9.59 Å². The maximum Gasteiger partial charge on any atom is 0.238 e. The van der Waals surface area contributed by atoms with E-state index < -0.39 is 0 Å². The molecular weight excluding hydrogens is 304 g/mol. The van der Waals surface area contributed by atoms with Gasteiger partial charge >= 0.3 is 0 Å².